The number of benzene rings is 1. The van der Waals surface area contributed by atoms with E-state index in [4.69, 9.17) is 9.15 Å². The number of aryl methyl sites for hydroxylation is 2. The molecular weight excluding hydrogens is 358 g/mol. The van der Waals surface area contributed by atoms with Crippen molar-refractivity contribution < 1.29 is 13.9 Å². The third kappa shape index (κ3) is 2.96. The van der Waals surface area contributed by atoms with Crippen LogP contribution in [0, 0.1) is 12.8 Å². The van der Waals surface area contributed by atoms with Crippen LogP contribution >= 0.6 is 0 Å². The van der Waals surface area contributed by atoms with E-state index < -0.39 is 0 Å². The SMILES string of the molecule is COc1ccc(N(C(=O)c2c(C)oc3ncn(C)c(=O)c23)C(C)C2CC2)cc1. The maximum Gasteiger partial charge on any atom is 0.265 e. The Kier molecular flexibility index (Phi) is 4.45. The van der Waals surface area contributed by atoms with Crippen LogP contribution in [0.4, 0.5) is 5.69 Å². The molecule has 1 atom stereocenters. The minimum Gasteiger partial charge on any atom is -0.497 e. The van der Waals surface area contributed by atoms with Crippen LogP contribution in [0.15, 0.2) is 39.8 Å². The number of carbonyl (C=O) groups excluding carboxylic acids is 1. The highest BCUT2D eigenvalue weighted by Crippen LogP contribution is 2.38. The molecule has 0 spiro atoms. The molecule has 1 saturated carbocycles. The van der Waals surface area contributed by atoms with Gasteiger partial charge in [-0.15, -0.1) is 0 Å². The van der Waals surface area contributed by atoms with Crippen LogP contribution in [-0.4, -0.2) is 28.6 Å². The summed E-state index contributed by atoms with van der Waals surface area (Å²) in [5.41, 5.74) is 0.948. The van der Waals surface area contributed by atoms with Crippen molar-refractivity contribution >= 4 is 22.7 Å². The lowest BCUT2D eigenvalue weighted by Crippen LogP contribution is -2.40. The van der Waals surface area contributed by atoms with E-state index in [0.717, 1.165) is 24.3 Å². The fourth-order valence-electron chi connectivity index (χ4n) is 3.63. The monoisotopic (exact) mass is 381 g/mol. The van der Waals surface area contributed by atoms with Crippen LogP contribution in [0.3, 0.4) is 0 Å². The molecule has 0 aliphatic heterocycles. The molecule has 1 aromatic carbocycles. The van der Waals surface area contributed by atoms with Gasteiger partial charge in [-0.1, -0.05) is 0 Å². The van der Waals surface area contributed by atoms with Crippen molar-refractivity contribution in [3.63, 3.8) is 0 Å². The molecule has 2 aromatic heterocycles. The molecule has 0 radical (unpaired) electrons. The maximum atomic E-state index is 13.7. The number of hydrogen-bond acceptors (Lipinski definition) is 5. The second kappa shape index (κ2) is 6.82. The molecule has 28 heavy (non-hydrogen) atoms. The smallest absolute Gasteiger partial charge is 0.265 e. The Morgan fingerprint density at radius 2 is 2.00 bits per heavy atom. The van der Waals surface area contributed by atoms with Gasteiger partial charge in [0.05, 0.1) is 12.7 Å². The van der Waals surface area contributed by atoms with Crippen molar-refractivity contribution in [1.82, 2.24) is 9.55 Å². The summed E-state index contributed by atoms with van der Waals surface area (Å²) in [5.74, 6) is 1.33. The summed E-state index contributed by atoms with van der Waals surface area (Å²) >= 11 is 0. The number of methoxy groups -OCH3 is 1. The van der Waals surface area contributed by atoms with Gasteiger partial charge in [0.25, 0.3) is 11.5 Å². The Morgan fingerprint density at radius 3 is 2.61 bits per heavy atom. The van der Waals surface area contributed by atoms with Gasteiger partial charge >= 0.3 is 0 Å². The number of nitrogens with zero attached hydrogens (tertiary/aromatic N) is 3. The van der Waals surface area contributed by atoms with E-state index in [1.807, 2.05) is 31.2 Å². The zero-order valence-corrected chi connectivity index (χ0v) is 16.4. The molecular formula is C21H23N3O4. The average Bonchev–Trinajstić information content (AvgIpc) is 3.48. The van der Waals surface area contributed by atoms with Crippen LogP contribution in [0.5, 0.6) is 5.75 Å². The van der Waals surface area contributed by atoms with Crippen LogP contribution in [-0.2, 0) is 7.05 Å². The topological polar surface area (TPSA) is 77.6 Å². The van der Waals surface area contributed by atoms with Gasteiger partial charge in [-0.3, -0.25) is 9.59 Å². The predicted octanol–water partition coefficient (Wildman–Crippen LogP) is 3.29. The van der Waals surface area contributed by atoms with E-state index in [9.17, 15) is 9.59 Å². The second-order valence-electron chi connectivity index (χ2n) is 7.33. The molecule has 1 amide bonds. The number of anilines is 1. The summed E-state index contributed by atoms with van der Waals surface area (Å²) in [4.78, 5) is 32.3. The number of fused-ring (bicyclic) bond motifs is 1. The minimum absolute atomic E-state index is 0.00534. The molecule has 1 aliphatic rings. The molecule has 3 aromatic rings. The molecule has 4 rings (SSSR count). The van der Waals surface area contributed by atoms with Crippen LogP contribution in [0.25, 0.3) is 11.1 Å². The number of amides is 1. The first-order valence-electron chi connectivity index (χ1n) is 9.34. The first kappa shape index (κ1) is 18.3. The highest BCUT2D eigenvalue weighted by molar-refractivity contribution is 6.14. The van der Waals surface area contributed by atoms with Crippen LogP contribution < -0.4 is 15.2 Å². The molecule has 1 aliphatic carbocycles. The van der Waals surface area contributed by atoms with Crippen LogP contribution in [0.1, 0.15) is 35.9 Å². The lowest BCUT2D eigenvalue weighted by atomic mass is 10.1. The Hall–Kier alpha value is -3.09. The fourth-order valence-corrected chi connectivity index (χ4v) is 3.63. The first-order chi connectivity index (χ1) is 13.4. The molecule has 2 heterocycles. The number of furan rings is 1. The second-order valence-corrected chi connectivity index (χ2v) is 7.33. The number of hydrogen-bond donors (Lipinski definition) is 0. The van der Waals surface area contributed by atoms with Crippen molar-refractivity contribution in [2.45, 2.75) is 32.7 Å². The number of carbonyl (C=O) groups is 1. The quantitative estimate of drug-likeness (QED) is 0.678. The van der Waals surface area contributed by atoms with Gasteiger partial charge in [0.1, 0.15) is 23.2 Å². The van der Waals surface area contributed by atoms with E-state index >= 15 is 0 Å². The summed E-state index contributed by atoms with van der Waals surface area (Å²) in [6.45, 7) is 3.75. The van der Waals surface area contributed by atoms with Gasteiger partial charge in [-0.05, 0) is 56.9 Å². The molecule has 1 unspecified atom stereocenters. The summed E-state index contributed by atoms with van der Waals surface area (Å²) in [7, 11) is 3.22. The van der Waals surface area contributed by atoms with E-state index in [2.05, 4.69) is 4.98 Å². The summed E-state index contributed by atoms with van der Waals surface area (Å²) in [5, 5.41) is 0.231. The van der Waals surface area contributed by atoms with Gasteiger partial charge in [0, 0.05) is 18.8 Å². The molecule has 0 bridgehead atoms. The van der Waals surface area contributed by atoms with Crippen molar-refractivity contribution in [3.8, 4) is 5.75 Å². The van der Waals surface area contributed by atoms with E-state index in [1.165, 1.54) is 10.9 Å². The Bertz CT molecular complexity index is 1090. The lowest BCUT2D eigenvalue weighted by Gasteiger charge is -2.29. The van der Waals surface area contributed by atoms with Crippen molar-refractivity contribution in [2.24, 2.45) is 13.0 Å². The predicted molar refractivity (Wildman–Crippen MR) is 106 cm³/mol. The Labute approximate surface area is 162 Å². The third-order valence-corrected chi connectivity index (χ3v) is 5.44. The summed E-state index contributed by atoms with van der Waals surface area (Å²) in [6, 6.07) is 7.39. The molecule has 0 saturated heterocycles. The van der Waals surface area contributed by atoms with Gasteiger partial charge in [0.15, 0.2) is 0 Å². The maximum absolute atomic E-state index is 13.7. The van der Waals surface area contributed by atoms with Crippen molar-refractivity contribution in [3.05, 3.63) is 52.3 Å². The van der Waals surface area contributed by atoms with Crippen molar-refractivity contribution in [1.29, 1.82) is 0 Å². The highest BCUT2D eigenvalue weighted by Gasteiger charge is 2.37. The van der Waals surface area contributed by atoms with Gasteiger partial charge in [-0.2, -0.15) is 0 Å². The lowest BCUT2D eigenvalue weighted by molar-refractivity contribution is 0.0975. The average molecular weight is 381 g/mol. The van der Waals surface area contributed by atoms with Gasteiger partial charge < -0.3 is 18.6 Å². The van der Waals surface area contributed by atoms with Gasteiger partial charge in [-0.25, -0.2) is 4.98 Å². The minimum atomic E-state index is -0.293. The van der Waals surface area contributed by atoms with Crippen LogP contribution in [0.2, 0.25) is 0 Å². The molecule has 7 nitrogen and oxygen atoms in total. The Balaban J connectivity index is 1.86. The number of aromatic nitrogens is 2. The molecule has 7 heteroatoms. The molecule has 1 fully saturated rings. The van der Waals surface area contributed by atoms with Gasteiger partial charge in [0.2, 0.25) is 5.71 Å². The van der Waals surface area contributed by atoms with Crippen molar-refractivity contribution in [2.75, 3.05) is 12.0 Å². The summed E-state index contributed by atoms with van der Waals surface area (Å²) < 4.78 is 12.2. The van der Waals surface area contributed by atoms with E-state index in [-0.39, 0.29) is 34.2 Å². The van der Waals surface area contributed by atoms with E-state index in [1.54, 1.807) is 26.0 Å². The number of ether oxygens (including phenoxy) is 1. The zero-order valence-electron chi connectivity index (χ0n) is 16.4. The third-order valence-electron chi connectivity index (χ3n) is 5.44. The fraction of sp³-hybridized carbons (Fsp3) is 0.381. The Morgan fingerprint density at radius 1 is 1.32 bits per heavy atom. The molecule has 0 N–H and O–H groups in total. The number of rotatable bonds is 5. The van der Waals surface area contributed by atoms with E-state index in [0.29, 0.717) is 11.7 Å². The molecule has 146 valence electrons. The summed E-state index contributed by atoms with van der Waals surface area (Å²) in [6.07, 6.45) is 3.58. The first-order valence-corrected chi connectivity index (χ1v) is 9.34. The normalized spacial score (nSPS) is 14.9. The zero-order chi connectivity index (χ0) is 20.0. The largest absolute Gasteiger partial charge is 0.497 e. The standard InChI is InChI=1S/C21H23N3O4/c1-12(14-5-6-14)24(15-7-9-16(27-4)10-8-15)21(26)17-13(2)28-19-18(17)20(25)23(3)11-22-19/h7-12,14H,5-6H2,1-4H3. The highest BCUT2D eigenvalue weighted by atomic mass is 16.5.